The largest absolute Gasteiger partial charge is 0.374 e. The fraction of sp³-hybridized carbons (Fsp3) is 0.545. The molecule has 1 aromatic heterocycles. The highest BCUT2D eigenvalue weighted by atomic mass is 32.2. The zero-order valence-electron chi connectivity index (χ0n) is 10.7. The van der Waals surface area contributed by atoms with Gasteiger partial charge in [0.15, 0.2) is 0 Å². The molecule has 8 heteroatoms. The predicted molar refractivity (Wildman–Crippen MR) is 71.5 cm³/mol. The standard InChI is InChI=1S/C11H18N4O3S/c1-15(8-9-6-13-4-5-18-9)11-3-2-10(7-14-11)19(12,16)17/h2-3,7,9,13H,4-6,8H2,1H3,(H2,12,16,17). The van der Waals surface area contributed by atoms with Gasteiger partial charge < -0.3 is 15.0 Å². The van der Waals surface area contributed by atoms with E-state index in [4.69, 9.17) is 9.88 Å². The summed E-state index contributed by atoms with van der Waals surface area (Å²) in [5.41, 5.74) is 0. The number of rotatable bonds is 4. The molecule has 1 aromatic rings. The fourth-order valence-electron chi connectivity index (χ4n) is 1.90. The number of anilines is 1. The van der Waals surface area contributed by atoms with Crippen molar-refractivity contribution >= 4 is 15.8 Å². The summed E-state index contributed by atoms with van der Waals surface area (Å²) in [4.78, 5) is 6.04. The average Bonchev–Trinajstić information content (AvgIpc) is 2.39. The van der Waals surface area contributed by atoms with Crippen molar-refractivity contribution in [1.29, 1.82) is 0 Å². The van der Waals surface area contributed by atoms with E-state index in [1.165, 1.54) is 12.3 Å². The Kier molecular flexibility index (Phi) is 4.35. The van der Waals surface area contributed by atoms with Crippen LogP contribution in [-0.2, 0) is 14.8 Å². The smallest absolute Gasteiger partial charge is 0.239 e. The van der Waals surface area contributed by atoms with Crippen LogP contribution in [0.15, 0.2) is 23.2 Å². The van der Waals surface area contributed by atoms with Crippen molar-refractivity contribution in [3.63, 3.8) is 0 Å². The topological polar surface area (TPSA) is 97.5 Å². The van der Waals surface area contributed by atoms with Gasteiger partial charge in [-0.05, 0) is 12.1 Å². The van der Waals surface area contributed by atoms with Crippen molar-refractivity contribution in [2.45, 2.75) is 11.0 Å². The van der Waals surface area contributed by atoms with Gasteiger partial charge in [-0.3, -0.25) is 0 Å². The third kappa shape index (κ3) is 3.87. The van der Waals surface area contributed by atoms with Gasteiger partial charge in [0, 0.05) is 32.9 Å². The van der Waals surface area contributed by atoms with E-state index in [-0.39, 0.29) is 11.0 Å². The number of likely N-dealkylation sites (N-methyl/N-ethyl adjacent to an activating group) is 1. The van der Waals surface area contributed by atoms with Gasteiger partial charge in [0.1, 0.15) is 10.7 Å². The maximum absolute atomic E-state index is 11.1. The van der Waals surface area contributed by atoms with Crippen LogP contribution >= 0.6 is 0 Å². The minimum Gasteiger partial charge on any atom is -0.374 e. The lowest BCUT2D eigenvalue weighted by Crippen LogP contribution is -2.44. The number of morpholine rings is 1. The van der Waals surface area contributed by atoms with Crippen LogP contribution in [0.3, 0.4) is 0 Å². The molecule has 2 rings (SSSR count). The van der Waals surface area contributed by atoms with E-state index >= 15 is 0 Å². The SMILES string of the molecule is CN(CC1CNCCO1)c1ccc(S(N)(=O)=O)cn1. The van der Waals surface area contributed by atoms with Crippen molar-refractivity contribution in [1.82, 2.24) is 10.3 Å². The van der Waals surface area contributed by atoms with Gasteiger partial charge in [-0.15, -0.1) is 0 Å². The highest BCUT2D eigenvalue weighted by Crippen LogP contribution is 2.13. The van der Waals surface area contributed by atoms with Gasteiger partial charge in [-0.2, -0.15) is 0 Å². The van der Waals surface area contributed by atoms with E-state index in [1.54, 1.807) is 6.07 Å². The van der Waals surface area contributed by atoms with E-state index in [9.17, 15) is 8.42 Å². The van der Waals surface area contributed by atoms with E-state index in [1.807, 2.05) is 11.9 Å². The van der Waals surface area contributed by atoms with Crippen LogP contribution in [0.4, 0.5) is 5.82 Å². The lowest BCUT2D eigenvalue weighted by atomic mass is 10.3. The summed E-state index contributed by atoms with van der Waals surface area (Å²) < 4.78 is 27.9. The van der Waals surface area contributed by atoms with Gasteiger partial charge in [0.25, 0.3) is 0 Å². The number of hydrogen-bond acceptors (Lipinski definition) is 6. The quantitative estimate of drug-likeness (QED) is 0.748. The Morgan fingerprint density at radius 3 is 2.89 bits per heavy atom. The highest BCUT2D eigenvalue weighted by Gasteiger charge is 2.16. The summed E-state index contributed by atoms with van der Waals surface area (Å²) >= 11 is 0. The van der Waals surface area contributed by atoms with Crippen LogP contribution in [0.25, 0.3) is 0 Å². The molecule has 0 radical (unpaired) electrons. The third-order valence-electron chi connectivity index (χ3n) is 2.92. The number of hydrogen-bond donors (Lipinski definition) is 2. The first kappa shape index (κ1) is 14.2. The van der Waals surface area contributed by atoms with Crippen LogP contribution in [-0.4, -0.2) is 52.8 Å². The highest BCUT2D eigenvalue weighted by molar-refractivity contribution is 7.89. The summed E-state index contributed by atoms with van der Waals surface area (Å²) in [6.07, 6.45) is 1.37. The molecule has 0 aliphatic carbocycles. The molecule has 0 spiro atoms. The molecule has 106 valence electrons. The van der Waals surface area contributed by atoms with Crippen molar-refractivity contribution in [3.05, 3.63) is 18.3 Å². The van der Waals surface area contributed by atoms with Crippen molar-refractivity contribution in [2.24, 2.45) is 5.14 Å². The summed E-state index contributed by atoms with van der Waals surface area (Å²) in [5, 5.41) is 8.28. The van der Waals surface area contributed by atoms with Crippen molar-refractivity contribution < 1.29 is 13.2 Å². The molecule has 1 atom stereocenters. The number of nitrogens with one attached hydrogen (secondary N) is 1. The Morgan fingerprint density at radius 1 is 1.58 bits per heavy atom. The molecule has 1 fully saturated rings. The van der Waals surface area contributed by atoms with Gasteiger partial charge in [0.2, 0.25) is 10.0 Å². The Bertz CT molecular complexity index is 511. The van der Waals surface area contributed by atoms with Crippen LogP contribution in [0.5, 0.6) is 0 Å². The first-order valence-electron chi connectivity index (χ1n) is 5.99. The third-order valence-corrected chi connectivity index (χ3v) is 3.82. The zero-order valence-corrected chi connectivity index (χ0v) is 11.6. The Labute approximate surface area is 112 Å². The monoisotopic (exact) mass is 286 g/mol. The molecule has 7 nitrogen and oxygen atoms in total. The number of nitrogens with zero attached hydrogens (tertiary/aromatic N) is 2. The maximum atomic E-state index is 11.1. The number of nitrogens with two attached hydrogens (primary N) is 1. The lowest BCUT2D eigenvalue weighted by molar-refractivity contribution is 0.0339. The molecule has 0 bridgehead atoms. The number of ether oxygens (including phenoxy) is 1. The molecule has 3 N–H and O–H groups in total. The molecule has 0 amide bonds. The molecular weight excluding hydrogens is 268 g/mol. The Morgan fingerprint density at radius 2 is 2.37 bits per heavy atom. The number of sulfonamides is 1. The molecule has 19 heavy (non-hydrogen) atoms. The van der Waals surface area contributed by atoms with Crippen LogP contribution < -0.4 is 15.4 Å². The van der Waals surface area contributed by atoms with Gasteiger partial charge in [0.05, 0.1) is 12.7 Å². The molecule has 2 heterocycles. The summed E-state index contributed by atoms with van der Waals surface area (Å²) in [6, 6.07) is 3.09. The maximum Gasteiger partial charge on any atom is 0.239 e. The van der Waals surface area contributed by atoms with E-state index in [2.05, 4.69) is 10.3 Å². The second-order valence-corrected chi connectivity index (χ2v) is 6.04. The summed E-state index contributed by atoms with van der Waals surface area (Å²) in [5.74, 6) is 0.682. The van der Waals surface area contributed by atoms with Gasteiger partial charge in [-0.1, -0.05) is 0 Å². The second kappa shape index (κ2) is 5.83. The number of primary sulfonamides is 1. The van der Waals surface area contributed by atoms with Gasteiger partial charge in [-0.25, -0.2) is 18.5 Å². The van der Waals surface area contributed by atoms with Crippen LogP contribution in [0, 0.1) is 0 Å². The van der Waals surface area contributed by atoms with Crippen LogP contribution in [0.1, 0.15) is 0 Å². The van der Waals surface area contributed by atoms with E-state index < -0.39 is 10.0 Å². The number of aromatic nitrogens is 1. The Hall–Kier alpha value is -1.22. The average molecular weight is 286 g/mol. The van der Waals surface area contributed by atoms with Crippen molar-refractivity contribution in [3.8, 4) is 0 Å². The lowest BCUT2D eigenvalue weighted by Gasteiger charge is -2.28. The normalized spacial score (nSPS) is 20.2. The molecule has 1 saturated heterocycles. The Balaban J connectivity index is 2.01. The summed E-state index contributed by atoms with van der Waals surface area (Å²) in [6.45, 7) is 3.08. The molecule has 1 aliphatic rings. The minimum absolute atomic E-state index is 0.0141. The zero-order chi connectivity index (χ0) is 13.9. The fourth-order valence-corrected chi connectivity index (χ4v) is 2.36. The van der Waals surface area contributed by atoms with Crippen LogP contribution in [0.2, 0.25) is 0 Å². The molecule has 0 saturated carbocycles. The van der Waals surface area contributed by atoms with E-state index in [0.717, 1.165) is 13.1 Å². The minimum atomic E-state index is -3.69. The molecule has 1 aliphatic heterocycles. The first-order valence-corrected chi connectivity index (χ1v) is 7.54. The molecule has 1 unspecified atom stereocenters. The van der Waals surface area contributed by atoms with E-state index in [0.29, 0.717) is 19.0 Å². The predicted octanol–water partition coefficient (Wildman–Crippen LogP) is -0.846. The molecule has 0 aromatic carbocycles. The van der Waals surface area contributed by atoms with Gasteiger partial charge >= 0.3 is 0 Å². The second-order valence-electron chi connectivity index (χ2n) is 4.47. The first-order chi connectivity index (χ1) is 8.97. The van der Waals surface area contributed by atoms with Crippen molar-refractivity contribution in [2.75, 3.05) is 38.2 Å². The number of pyridine rings is 1. The summed E-state index contributed by atoms with van der Waals surface area (Å²) in [7, 11) is -1.80. The molecular formula is C11H18N4O3S.